The Morgan fingerprint density at radius 2 is 2.07 bits per heavy atom. The van der Waals surface area contributed by atoms with Crippen LogP contribution in [-0.4, -0.2) is 28.0 Å². The third kappa shape index (κ3) is 4.17. The molecule has 0 spiro atoms. The number of hydrogen-bond donors (Lipinski definition) is 1. The minimum absolute atomic E-state index is 0.00426. The lowest BCUT2D eigenvalue weighted by atomic mass is 10.1. The second kappa shape index (κ2) is 8.48. The van der Waals surface area contributed by atoms with Crippen molar-refractivity contribution in [1.29, 1.82) is 0 Å². The number of benzene rings is 1. The minimum atomic E-state index is -0.669. The quantitative estimate of drug-likeness (QED) is 0.618. The van der Waals surface area contributed by atoms with Crippen LogP contribution in [0.2, 0.25) is 5.02 Å². The van der Waals surface area contributed by atoms with Crippen molar-refractivity contribution in [2.45, 2.75) is 33.4 Å². The summed E-state index contributed by atoms with van der Waals surface area (Å²) in [5.41, 5.74) is 0.254. The zero-order valence-corrected chi connectivity index (χ0v) is 16.9. The molecule has 0 saturated carbocycles. The van der Waals surface area contributed by atoms with Gasteiger partial charge in [0.05, 0.1) is 12.6 Å². The minimum Gasteiger partial charge on any atom is -0.462 e. The van der Waals surface area contributed by atoms with Gasteiger partial charge in [0.2, 0.25) is 11.6 Å². The van der Waals surface area contributed by atoms with E-state index in [1.807, 2.05) is 12.1 Å². The van der Waals surface area contributed by atoms with E-state index in [2.05, 4.69) is 10.3 Å². The summed E-state index contributed by atoms with van der Waals surface area (Å²) in [6.45, 7) is 4.89. The highest BCUT2D eigenvalue weighted by atomic mass is 35.5. The Balaban J connectivity index is 1.87. The standard InChI is InChI=1S/C20H20ClN3O5/c1-4-28-20(27)16-12(3)29-18-17(16)19(26)24(10-22-18)9-15(25)23-11(2)13-7-5-6-8-14(13)21/h5-8,10-11H,4,9H2,1-3H3,(H,23,25)/t11-/m0/s1. The monoisotopic (exact) mass is 417 g/mol. The number of amides is 1. The van der Waals surface area contributed by atoms with Gasteiger partial charge in [0.1, 0.15) is 29.6 Å². The number of furan rings is 1. The first kappa shape index (κ1) is 20.6. The van der Waals surface area contributed by atoms with Gasteiger partial charge in [0.25, 0.3) is 5.56 Å². The third-order valence-corrected chi connectivity index (χ3v) is 4.74. The molecule has 0 saturated heterocycles. The van der Waals surface area contributed by atoms with Gasteiger partial charge in [-0.05, 0) is 32.4 Å². The van der Waals surface area contributed by atoms with Gasteiger partial charge in [-0.1, -0.05) is 29.8 Å². The first-order valence-corrected chi connectivity index (χ1v) is 9.40. The summed E-state index contributed by atoms with van der Waals surface area (Å²) in [7, 11) is 0. The first-order chi connectivity index (χ1) is 13.8. The zero-order valence-electron chi connectivity index (χ0n) is 16.2. The Hall–Kier alpha value is -3.13. The van der Waals surface area contributed by atoms with E-state index in [4.69, 9.17) is 20.8 Å². The third-order valence-electron chi connectivity index (χ3n) is 4.40. The summed E-state index contributed by atoms with van der Waals surface area (Å²) in [6.07, 6.45) is 1.21. The molecule has 0 aliphatic rings. The maximum atomic E-state index is 12.9. The predicted octanol–water partition coefficient (Wildman–Crippen LogP) is 3.01. The highest BCUT2D eigenvalue weighted by Crippen LogP contribution is 2.23. The number of ether oxygens (including phenoxy) is 1. The van der Waals surface area contributed by atoms with Crippen LogP contribution < -0.4 is 10.9 Å². The van der Waals surface area contributed by atoms with Crippen molar-refractivity contribution < 1.29 is 18.7 Å². The lowest BCUT2D eigenvalue weighted by molar-refractivity contribution is -0.122. The summed E-state index contributed by atoms with van der Waals surface area (Å²) in [6, 6.07) is 6.82. The van der Waals surface area contributed by atoms with E-state index in [0.29, 0.717) is 5.02 Å². The van der Waals surface area contributed by atoms with Crippen LogP contribution in [0.25, 0.3) is 11.1 Å². The van der Waals surface area contributed by atoms with Crippen molar-refractivity contribution in [3.8, 4) is 0 Å². The number of hydrogen-bond acceptors (Lipinski definition) is 6. The van der Waals surface area contributed by atoms with E-state index in [1.165, 1.54) is 6.33 Å². The molecule has 1 aromatic carbocycles. The van der Waals surface area contributed by atoms with Crippen LogP contribution in [0.5, 0.6) is 0 Å². The van der Waals surface area contributed by atoms with Crippen LogP contribution in [0.15, 0.2) is 39.8 Å². The van der Waals surface area contributed by atoms with E-state index >= 15 is 0 Å². The van der Waals surface area contributed by atoms with Crippen molar-refractivity contribution in [3.63, 3.8) is 0 Å². The number of aryl methyl sites for hydroxylation is 1. The predicted molar refractivity (Wildman–Crippen MR) is 107 cm³/mol. The van der Waals surface area contributed by atoms with Crippen molar-refractivity contribution in [1.82, 2.24) is 14.9 Å². The molecule has 0 fully saturated rings. The van der Waals surface area contributed by atoms with E-state index in [-0.39, 0.29) is 41.6 Å². The largest absolute Gasteiger partial charge is 0.462 e. The summed E-state index contributed by atoms with van der Waals surface area (Å²) >= 11 is 6.16. The van der Waals surface area contributed by atoms with Crippen molar-refractivity contribution in [2.24, 2.45) is 0 Å². The normalized spacial score (nSPS) is 12.0. The van der Waals surface area contributed by atoms with Gasteiger partial charge < -0.3 is 14.5 Å². The molecule has 29 heavy (non-hydrogen) atoms. The molecule has 0 unspecified atom stereocenters. The molecule has 0 radical (unpaired) electrons. The molecular weight excluding hydrogens is 398 g/mol. The van der Waals surface area contributed by atoms with Gasteiger partial charge in [-0.3, -0.25) is 14.2 Å². The van der Waals surface area contributed by atoms with Crippen molar-refractivity contribution in [3.05, 3.63) is 62.9 Å². The Labute approximate surface area is 171 Å². The summed E-state index contributed by atoms with van der Waals surface area (Å²) in [4.78, 5) is 41.6. The highest BCUT2D eigenvalue weighted by Gasteiger charge is 2.24. The fraction of sp³-hybridized carbons (Fsp3) is 0.300. The molecule has 1 atom stereocenters. The number of nitrogens with zero attached hydrogens (tertiary/aromatic N) is 2. The number of carbonyl (C=O) groups excluding carboxylic acids is 2. The van der Waals surface area contributed by atoms with Gasteiger partial charge in [0.15, 0.2) is 0 Å². The molecule has 3 aromatic rings. The Morgan fingerprint density at radius 3 is 2.76 bits per heavy atom. The first-order valence-electron chi connectivity index (χ1n) is 9.02. The van der Waals surface area contributed by atoms with Crippen molar-refractivity contribution in [2.75, 3.05) is 6.61 Å². The summed E-state index contributed by atoms with van der Waals surface area (Å²) in [5, 5.41) is 3.33. The molecule has 2 heterocycles. The van der Waals surface area contributed by atoms with Crippen molar-refractivity contribution >= 4 is 34.6 Å². The van der Waals surface area contributed by atoms with Crippen LogP contribution in [0, 0.1) is 6.92 Å². The average Bonchev–Trinajstić information content (AvgIpc) is 3.01. The van der Waals surface area contributed by atoms with Crippen LogP contribution in [-0.2, 0) is 16.1 Å². The molecule has 1 amide bonds. The Bertz CT molecular complexity index is 1130. The number of nitrogens with one attached hydrogen (secondary N) is 1. The molecule has 8 nitrogen and oxygen atoms in total. The Kier molecular flexibility index (Phi) is 6.03. The highest BCUT2D eigenvalue weighted by molar-refractivity contribution is 6.31. The maximum absolute atomic E-state index is 12.9. The van der Waals surface area contributed by atoms with Crippen LogP contribution in [0.4, 0.5) is 0 Å². The second-order valence-corrected chi connectivity index (χ2v) is 6.83. The molecule has 0 bridgehead atoms. The summed E-state index contributed by atoms with van der Waals surface area (Å²) in [5.74, 6) is -0.839. The number of aromatic nitrogens is 2. The number of halogens is 1. The second-order valence-electron chi connectivity index (χ2n) is 6.42. The van der Waals surface area contributed by atoms with Gasteiger partial charge in [-0.25, -0.2) is 9.78 Å². The van der Waals surface area contributed by atoms with Gasteiger partial charge >= 0.3 is 5.97 Å². The fourth-order valence-corrected chi connectivity index (χ4v) is 3.34. The van der Waals surface area contributed by atoms with Crippen LogP contribution in [0.3, 0.4) is 0 Å². The molecule has 0 aliphatic carbocycles. The van der Waals surface area contributed by atoms with Gasteiger partial charge in [-0.2, -0.15) is 0 Å². The topological polar surface area (TPSA) is 103 Å². The molecule has 152 valence electrons. The van der Waals surface area contributed by atoms with Crippen LogP contribution >= 0.6 is 11.6 Å². The van der Waals surface area contributed by atoms with Crippen LogP contribution in [0.1, 0.15) is 41.6 Å². The van der Waals surface area contributed by atoms with E-state index in [0.717, 1.165) is 10.1 Å². The molecular formula is C20H20ClN3O5. The SMILES string of the molecule is CCOC(=O)c1c(C)oc2ncn(CC(=O)N[C@@H](C)c3ccccc3Cl)c(=O)c12. The number of fused-ring (bicyclic) bond motifs is 1. The molecule has 3 rings (SSSR count). The maximum Gasteiger partial charge on any atom is 0.342 e. The zero-order chi connectivity index (χ0) is 21.1. The lowest BCUT2D eigenvalue weighted by Gasteiger charge is -2.16. The van der Waals surface area contributed by atoms with Gasteiger partial charge in [0, 0.05) is 5.02 Å². The number of carbonyl (C=O) groups is 2. The fourth-order valence-electron chi connectivity index (χ4n) is 3.05. The lowest BCUT2D eigenvalue weighted by Crippen LogP contribution is -2.34. The Morgan fingerprint density at radius 1 is 1.34 bits per heavy atom. The molecule has 9 heteroatoms. The van der Waals surface area contributed by atoms with E-state index in [9.17, 15) is 14.4 Å². The van der Waals surface area contributed by atoms with E-state index in [1.54, 1.807) is 32.9 Å². The molecule has 1 N–H and O–H groups in total. The molecule has 0 aliphatic heterocycles. The molecule has 2 aromatic heterocycles. The van der Waals surface area contributed by atoms with Gasteiger partial charge in [-0.15, -0.1) is 0 Å². The smallest absolute Gasteiger partial charge is 0.342 e. The number of esters is 1. The number of rotatable bonds is 6. The average molecular weight is 418 g/mol. The summed E-state index contributed by atoms with van der Waals surface area (Å²) < 4.78 is 11.5. The van der Waals surface area contributed by atoms with E-state index < -0.39 is 17.4 Å².